The summed E-state index contributed by atoms with van der Waals surface area (Å²) < 4.78 is 0. The molecule has 4 nitrogen and oxygen atoms in total. The lowest BCUT2D eigenvalue weighted by atomic mass is 9.97. The Hall–Kier alpha value is -1.39. The van der Waals surface area contributed by atoms with Gasteiger partial charge in [-0.1, -0.05) is 69.6 Å². The molecule has 0 radical (unpaired) electrons. The number of hydrogen-bond donors (Lipinski definition) is 2. The lowest BCUT2D eigenvalue weighted by Gasteiger charge is -2.12. The van der Waals surface area contributed by atoms with Crippen LogP contribution >= 0.6 is 0 Å². The van der Waals surface area contributed by atoms with Gasteiger partial charge in [0.15, 0.2) is 0 Å². The molecule has 3 unspecified atom stereocenters. The first kappa shape index (κ1) is 23.6. The average Bonchev–Trinajstić information content (AvgIpc) is 2.55. The Labute approximate surface area is 153 Å². The fourth-order valence-electron chi connectivity index (χ4n) is 2.46. The Morgan fingerprint density at radius 2 is 1.56 bits per heavy atom. The zero-order chi connectivity index (χ0) is 19.1. The van der Waals surface area contributed by atoms with Crippen molar-refractivity contribution < 1.29 is 15.0 Å². The van der Waals surface area contributed by atoms with Crippen LogP contribution in [0, 0.1) is 5.92 Å². The number of allylic oxidation sites excluding steroid dienone is 4. The lowest BCUT2D eigenvalue weighted by molar-refractivity contribution is -0.128. The zero-order valence-corrected chi connectivity index (χ0v) is 16.4. The second-order valence-electron chi connectivity index (χ2n) is 6.95. The highest BCUT2D eigenvalue weighted by molar-refractivity contribution is 5.75. The molecular formula is C21H37NO3. The minimum atomic E-state index is -0.534. The first-order valence-corrected chi connectivity index (χ1v) is 9.44. The summed E-state index contributed by atoms with van der Waals surface area (Å²) in [4.78, 5) is 13.0. The molecule has 3 atom stereocenters. The van der Waals surface area contributed by atoms with Gasteiger partial charge in [0.2, 0.25) is 5.91 Å². The summed E-state index contributed by atoms with van der Waals surface area (Å²) in [5.41, 5.74) is 0. The maximum absolute atomic E-state index is 11.4. The van der Waals surface area contributed by atoms with Gasteiger partial charge < -0.3 is 15.1 Å². The normalized spacial score (nSPS) is 15.9. The summed E-state index contributed by atoms with van der Waals surface area (Å²) in [5.74, 6) is 0.627. The van der Waals surface area contributed by atoms with Crippen LogP contribution in [-0.2, 0) is 4.79 Å². The first-order valence-electron chi connectivity index (χ1n) is 9.44. The number of nitrogens with zero attached hydrogens (tertiary/aromatic N) is 1. The Morgan fingerprint density at radius 3 is 2.12 bits per heavy atom. The summed E-state index contributed by atoms with van der Waals surface area (Å²) in [6, 6.07) is 0. The van der Waals surface area contributed by atoms with Crippen molar-refractivity contribution in [3.8, 4) is 0 Å². The van der Waals surface area contributed by atoms with E-state index >= 15 is 0 Å². The highest BCUT2D eigenvalue weighted by atomic mass is 16.3. The van der Waals surface area contributed by atoms with Crippen LogP contribution in [0.4, 0.5) is 0 Å². The van der Waals surface area contributed by atoms with Crippen molar-refractivity contribution in [1.29, 1.82) is 0 Å². The van der Waals surface area contributed by atoms with Crippen molar-refractivity contribution in [3.63, 3.8) is 0 Å². The summed E-state index contributed by atoms with van der Waals surface area (Å²) in [7, 11) is 3.47. The third-order valence-corrected chi connectivity index (χ3v) is 4.08. The number of carbonyl (C=O) groups is 1. The van der Waals surface area contributed by atoms with E-state index in [9.17, 15) is 15.0 Å². The number of rotatable bonds is 13. The van der Waals surface area contributed by atoms with Crippen molar-refractivity contribution in [3.05, 3.63) is 36.5 Å². The van der Waals surface area contributed by atoms with Crippen LogP contribution in [0.3, 0.4) is 0 Å². The minimum absolute atomic E-state index is 0.0868. The molecule has 4 heteroatoms. The predicted molar refractivity (Wildman–Crippen MR) is 105 cm³/mol. The van der Waals surface area contributed by atoms with Crippen LogP contribution in [0.15, 0.2) is 36.5 Å². The predicted octanol–water partition coefficient (Wildman–Crippen LogP) is 3.85. The van der Waals surface area contributed by atoms with Gasteiger partial charge in [0, 0.05) is 20.5 Å². The van der Waals surface area contributed by atoms with Gasteiger partial charge in [0.1, 0.15) is 0 Å². The summed E-state index contributed by atoms with van der Waals surface area (Å²) in [6.45, 7) is 4.36. The average molecular weight is 352 g/mol. The third-order valence-electron chi connectivity index (χ3n) is 4.08. The van der Waals surface area contributed by atoms with Gasteiger partial charge in [-0.2, -0.15) is 0 Å². The van der Waals surface area contributed by atoms with E-state index in [0.717, 1.165) is 12.8 Å². The van der Waals surface area contributed by atoms with Crippen LogP contribution in [0.2, 0.25) is 0 Å². The molecule has 0 aliphatic heterocycles. The highest BCUT2D eigenvalue weighted by Crippen LogP contribution is 2.14. The largest absolute Gasteiger partial charge is 0.389 e. The van der Waals surface area contributed by atoms with E-state index in [1.807, 2.05) is 18.2 Å². The van der Waals surface area contributed by atoms with Gasteiger partial charge >= 0.3 is 0 Å². The molecule has 25 heavy (non-hydrogen) atoms. The van der Waals surface area contributed by atoms with Gasteiger partial charge in [-0.05, 0) is 25.2 Å². The van der Waals surface area contributed by atoms with E-state index < -0.39 is 12.2 Å². The zero-order valence-electron chi connectivity index (χ0n) is 16.4. The summed E-state index contributed by atoms with van der Waals surface area (Å²) in [5, 5.41) is 19.7. The van der Waals surface area contributed by atoms with Gasteiger partial charge in [-0.3, -0.25) is 4.79 Å². The van der Waals surface area contributed by atoms with Crippen molar-refractivity contribution >= 4 is 5.91 Å². The molecule has 0 heterocycles. The molecule has 0 fully saturated rings. The van der Waals surface area contributed by atoms with Crippen LogP contribution < -0.4 is 0 Å². The van der Waals surface area contributed by atoms with E-state index in [2.05, 4.69) is 13.8 Å². The molecule has 0 saturated carbocycles. The molecule has 0 bridgehead atoms. The van der Waals surface area contributed by atoms with E-state index in [1.165, 1.54) is 12.8 Å². The molecule has 2 N–H and O–H groups in total. The van der Waals surface area contributed by atoms with Crippen molar-refractivity contribution in [2.75, 3.05) is 14.1 Å². The topological polar surface area (TPSA) is 60.8 Å². The summed E-state index contributed by atoms with van der Waals surface area (Å²) >= 11 is 0. The SMILES string of the molecule is CCCCC(C)CC(O)C=CC=CC=CC(O)CCCC(=O)N(C)C. The molecule has 0 aromatic rings. The number of hydrogen-bond acceptors (Lipinski definition) is 3. The van der Waals surface area contributed by atoms with Crippen LogP contribution in [0.1, 0.15) is 58.8 Å². The molecule has 0 rings (SSSR count). The smallest absolute Gasteiger partial charge is 0.222 e. The molecular weight excluding hydrogens is 314 g/mol. The lowest BCUT2D eigenvalue weighted by Crippen LogP contribution is -2.21. The molecule has 0 saturated heterocycles. The van der Waals surface area contributed by atoms with Crippen LogP contribution in [0.5, 0.6) is 0 Å². The number of aliphatic hydroxyl groups excluding tert-OH is 2. The molecule has 1 amide bonds. The van der Waals surface area contributed by atoms with Crippen molar-refractivity contribution in [2.45, 2.75) is 71.0 Å². The van der Waals surface area contributed by atoms with E-state index in [-0.39, 0.29) is 5.91 Å². The summed E-state index contributed by atoms with van der Waals surface area (Å²) in [6.07, 6.45) is 16.0. The van der Waals surface area contributed by atoms with E-state index in [4.69, 9.17) is 0 Å². The number of unbranched alkanes of at least 4 members (excludes halogenated alkanes) is 1. The van der Waals surface area contributed by atoms with Gasteiger partial charge in [-0.25, -0.2) is 0 Å². The molecule has 0 aromatic carbocycles. The number of carbonyl (C=O) groups excluding carboxylic acids is 1. The second-order valence-corrected chi connectivity index (χ2v) is 6.95. The van der Waals surface area contributed by atoms with Gasteiger partial charge in [0.25, 0.3) is 0 Å². The Kier molecular flexibility index (Phi) is 14.1. The second kappa shape index (κ2) is 14.9. The first-order chi connectivity index (χ1) is 11.9. The molecule has 0 spiro atoms. The maximum atomic E-state index is 11.4. The van der Waals surface area contributed by atoms with E-state index in [0.29, 0.717) is 25.2 Å². The van der Waals surface area contributed by atoms with E-state index in [1.54, 1.807) is 37.2 Å². The van der Waals surface area contributed by atoms with Gasteiger partial charge in [0.05, 0.1) is 12.2 Å². The number of amides is 1. The molecule has 0 aliphatic rings. The minimum Gasteiger partial charge on any atom is -0.389 e. The Balaban J connectivity index is 3.93. The number of aliphatic hydroxyl groups is 2. The maximum Gasteiger partial charge on any atom is 0.222 e. The third kappa shape index (κ3) is 14.6. The standard InChI is InChI=1S/C21H37NO3/c1-5-6-12-18(2)17-20(24)14-10-8-7-9-13-19(23)15-11-16-21(25)22(3)4/h7-10,13-14,18-20,23-24H,5-6,11-12,15-17H2,1-4H3. The van der Waals surface area contributed by atoms with Crippen LogP contribution in [0.25, 0.3) is 0 Å². The van der Waals surface area contributed by atoms with Crippen molar-refractivity contribution in [1.82, 2.24) is 4.90 Å². The Bertz CT molecular complexity index is 427. The molecule has 0 aliphatic carbocycles. The highest BCUT2D eigenvalue weighted by Gasteiger charge is 2.07. The van der Waals surface area contributed by atoms with Crippen LogP contribution in [-0.4, -0.2) is 47.3 Å². The van der Waals surface area contributed by atoms with Crippen molar-refractivity contribution in [2.24, 2.45) is 5.92 Å². The fourth-order valence-corrected chi connectivity index (χ4v) is 2.46. The monoisotopic (exact) mass is 351 g/mol. The fraction of sp³-hybridized carbons (Fsp3) is 0.667. The molecule has 144 valence electrons. The Morgan fingerprint density at radius 1 is 0.960 bits per heavy atom. The molecule has 0 aromatic heterocycles. The quantitative estimate of drug-likeness (QED) is 0.496. The van der Waals surface area contributed by atoms with Gasteiger partial charge in [-0.15, -0.1) is 0 Å².